The molecule has 0 spiro atoms. The lowest BCUT2D eigenvalue weighted by Gasteiger charge is -2.44. The number of carbonyl (C=O) groups is 2. The smallest absolute Gasteiger partial charge is 0.407 e. The van der Waals surface area contributed by atoms with Crippen LogP contribution < -0.4 is 5.32 Å². The molecule has 1 aromatic rings. The Labute approximate surface area is 145 Å². The summed E-state index contributed by atoms with van der Waals surface area (Å²) in [5.74, 6) is -0.0839. The highest BCUT2D eigenvalue weighted by Gasteiger charge is 2.37. The number of nitrogens with one attached hydrogen (secondary N) is 1. The Morgan fingerprint density at radius 1 is 1.20 bits per heavy atom. The van der Waals surface area contributed by atoms with Gasteiger partial charge in [-0.15, -0.1) is 0 Å². The number of nitriles is 1. The van der Waals surface area contributed by atoms with Crippen LogP contribution in [0.4, 0.5) is 4.79 Å². The van der Waals surface area contributed by atoms with Crippen LogP contribution in [-0.4, -0.2) is 71.8 Å². The summed E-state index contributed by atoms with van der Waals surface area (Å²) in [5, 5.41) is 20.7. The SMILES string of the molecule is N#Cc1ccc(CNC(=O)CN2CC3CN(C(=O)O)CC(C2)O3)cc1. The van der Waals surface area contributed by atoms with Crippen LogP contribution in [0.2, 0.25) is 0 Å². The molecule has 1 aromatic carbocycles. The number of rotatable bonds is 4. The Morgan fingerprint density at radius 3 is 2.40 bits per heavy atom. The number of benzene rings is 1. The molecule has 2 atom stereocenters. The molecule has 8 heteroatoms. The average molecular weight is 344 g/mol. The first kappa shape index (κ1) is 17.2. The Balaban J connectivity index is 1.46. The lowest BCUT2D eigenvalue weighted by atomic mass is 10.1. The van der Waals surface area contributed by atoms with Crippen molar-refractivity contribution in [2.45, 2.75) is 18.8 Å². The lowest BCUT2D eigenvalue weighted by Crippen LogP contribution is -2.61. The van der Waals surface area contributed by atoms with E-state index in [2.05, 4.69) is 11.4 Å². The molecule has 0 aliphatic carbocycles. The van der Waals surface area contributed by atoms with Gasteiger partial charge in [0.05, 0.1) is 43.5 Å². The van der Waals surface area contributed by atoms with E-state index in [4.69, 9.17) is 15.1 Å². The van der Waals surface area contributed by atoms with Gasteiger partial charge in [-0.25, -0.2) is 4.79 Å². The van der Waals surface area contributed by atoms with Crippen molar-refractivity contribution >= 4 is 12.0 Å². The van der Waals surface area contributed by atoms with E-state index in [-0.39, 0.29) is 24.7 Å². The summed E-state index contributed by atoms with van der Waals surface area (Å²) in [6.07, 6.45) is -1.29. The van der Waals surface area contributed by atoms with Crippen LogP contribution in [0.25, 0.3) is 0 Å². The molecule has 2 fully saturated rings. The monoisotopic (exact) mass is 344 g/mol. The van der Waals surface area contributed by atoms with Gasteiger partial charge in [0.15, 0.2) is 0 Å². The van der Waals surface area contributed by atoms with E-state index in [0.29, 0.717) is 38.3 Å². The highest BCUT2D eigenvalue weighted by Crippen LogP contribution is 2.19. The van der Waals surface area contributed by atoms with Gasteiger partial charge < -0.3 is 20.1 Å². The number of carbonyl (C=O) groups excluding carboxylic acids is 1. The first-order valence-corrected chi connectivity index (χ1v) is 8.15. The van der Waals surface area contributed by atoms with Crippen molar-refractivity contribution in [1.29, 1.82) is 5.26 Å². The summed E-state index contributed by atoms with van der Waals surface area (Å²) in [4.78, 5) is 26.6. The molecule has 0 saturated carbocycles. The number of amides is 2. The molecule has 2 N–H and O–H groups in total. The normalized spacial score (nSPS) is 22.9. The van der Waals surface area contributed by atoms with Gasteiger partial charge in [-0.05, 0) is 17.7 Å². The number of hydrogen-bond donors (Lipinski definition) is 2. The third kappa shape index (κ3) is 4.47. The topological polar surface area (TPSA) is 106 Å². The molecule has 2 unspecified atom stereocenters. The maximum Gasteiger partial charge on any atom is 0.407 e. The van der Waals surface area contributed by atoms with Gasteiger partial charge in [-0.1, -0.05) is 12.1 Å². The molecule has 3 rings (SSSR count). The second kappa shape index (κ2) is 7.51. The standard InChI is InChI=1S/C17H20N4O4/c18-5-12-1-3-13(4-2-12)6-19-16(22)11-20-7-14-9-21(17(23)24)10-15(8-20)25-14/h1-4,14-15H,6-11H2,(H,19,22)(H,23,24). The molecule has 0 radical (unpaired) electrons. The van der Waals surface area contributed by atoms with Crippen molar-refractivity contribution in [2.24, 2.45) is 0 Å². The number of fused-ring (bicyclic) bond motifs is 2. The van der Waals surface area contributed by atoms with Crippen LogP contribution in [0.15, 0.2) is 24.3 Å². The Morgan fingerprint density at radius 2 is 1.84 bits per heavy atom. The molecule has 2 aliphatic rings. The summed E-state index contributed by atoms with van der Waals surface area (Å²) in [6.45, 7) is 2.45. The van der Waals surface area contributed by atoms with Crippen LogP contribution in [0.1, 0.15) is 11.1 Å². The van der Waals surface area contributed by atoms with Gasteiger partial charge in [0.1, 0.15) is 0 Å². The van der Waals surface area contributed by atoms with E-state index in [9.17, 15) is 9.59 Å². The van der Waals surface area contributed by atoms with Crippen molar-refractivity contribution in [3.8, 4) is 6.07 Å². The molecular weight excluding hydrogens is 324 g/mol. The zero-order chi connectivity index (χ0) is 17.8. The fraction of sp³-hybridized carbons (Fsp3) is 0.471. The largest absolute Gasteiger partial charge is 0.465 e. The Bertz CT molecular complexity index is 671. The number of nitrogens with zero attached hydrogens (tertiary/aromatic N) is 3. The maximum atomic E-state index is 12.1. The molecule has 2 amide bonds. The second-order valence-electron chi connectivity index (χ2n) is 6.35. The van der Waals surface area contributed by atoms with Crippen molar-refractivity contribution in [3.05, 3.63) is 35.4 Å². The van der Waals surface area contributed by atoms with Gasteiger partial charge >= 0.3 is 6.09 Å². The van der Waals surface area contributed by atoms with E-state index in [1.165, 1.54) is 4.90 Å². The predicted octanol–water partition coefficient (Wildman–Crippen LogP) is 0.237. The molecule has 2 saturated heterocycles. The highest BCUT2D eigenvalue weighted by molar-refractivity contribution is 5.78. The Hall–Kier alpha value is -2.63. The minimum Gasteiger partial charge on any atom is -0.465 e. The first-order chi connectivity index (χ1) is 12.0. The minimum atomic E-state index is -0.924. The molecule has 2 heterocycles. The summed E-state index contributed by atoms with van der Waals surface area (Å²) < 4.78 is 5.76. The summed E-state index contributed by atoms with van der Waals surface area (Å²) in [7, 11) is 0. The number of morpholine rings is 2. The minimum absolute atomic E-state index is 0.0839. The lowest BCUT2D eigenvalue weighted by molar-refractivity contribution is -0.140. The zero-order valence-corrected chi connectivity index (χ0v) is 13.7. The number of carboxylic acid groups (broad SMARTS) is 1. The zero-order valence-electron chi connectivity index (χ0n) is 13.7. The molecule has 0 aromatic heterocycles. The van der Waals surface area contributed by atoms with Crippen molar-refractivity contribution in [2.75, 3.05) is 32.7 Å². The third-order valence-electron chi connectivity index (χ3n) is 4.37. The predicted molar refractivity (Wildman–Crippen MR) is 87.7 cm³/mol. The van der Waals surface area contributed by atoms with E-state index in [1.807, 2.05) is 17.0 Å². The van der Waals surface area contributed by atoms with E-state index >= 15 is 0 Å². The molecule has 132 valence electrons. The third-order valence-corrected chi connectivity index (χ3v) is 4.37. The van der Waals surface area contributed by atoms with E-state index in [1.54, 1.807) is 12.1 Å². The number of hydrogen-bond acceptors (Lipinski definition) is 5. The van der Waals surface area contributed by atoms with E-state index < -0.39 is 6.09 Å². The van der Waals surface area contributed by atoms with Crippen LogP contribution in [0, 0.1) is 11.3 Å². The van der Waals surface area contributed by atoms with Gasteiger partial charge in [-0.2, -0.15) is 5.26 Å². The highest BCUT2D eigenvalue weighted by atomic mass is 16.5. The van der Waals surface area contributed by atoms with Crippen LogP contribution >= 0.6 is 0 Å². The second-order valence-corrected chi connectivity index (χ2v) is 6.35. The fourth-order valence-electron chi connectivity index (χ4n) is 3.22. The van der Waals surface area contributed by atoms with Crippen LogP contribution in [0.3, 0.4) is 0 Å². The van der Waals surface area contributed by atoms with Gasteiger partial charge in [0.2, 0.25) is 5.91 Å². The van der Waals surface area contributed by atoms with Gasteiger partial charge in [0, 0.05) is 19.6 Å². The van der Waals surface area contributed by atoms with Crippen LogP contribution in [0.5, 0.6) is 0 Å². The molecule has 25 heavy (non-hydrogen) atoms. The molecule has 2 aliphatic heterocycles. The van der Waals surface area contributed by atoms with Gasteiger partial charge in [0.25, 0.3) is 0 Å². The van der Waals surface area contributed by atoms with Crippen molar-refractivity contribution in [1.82, 2.24) is 15.1 Å². The van der Waals surface area contributed by atoms with Crippen LogP contribution in [-0.2, 0) is 16.1 Å². The summed E-state index contributed by atoms with van der Waals surface area (Å²) in [6, 6.07) is 9.13. The Kier molecular flexibility index (Phi) is 5.16. The average Bonchev–Trinajstić information content (AvgIpc) is 2.59. The van der Waals surface area contributed by atoms with E-state index in [0.717, 1.165) is 5.56 Å². The summed E-state index contributed by atoms with van der Waals surface area (Å²) >= 11 is 0. The van der Waals surface area contributed by atoms with Gasteiger partial charge in [-0.3, -0.25) is 9.69 Å². The maximum absolute atomic E-state index is 12.1. The summed E-state index contributed by atoms with van der Waals surface area (Å²) in [5.41, 5.74) is 1.52. The molecule has 2 bridgehead atoms. The van der Waals surface area contributed by atoms with Crippen molar-refractivity contribution < 1.29 is 19.4 Å². The fourth-order valence-corrected chi connectivity index (χ4v) is 3.22. The molecular formula is C17H20N4O4. The quantitative estimate of drug-likeness (QED) is 0.810. The molecule has 8 nitrogen and oxygen atoms in total. The number of ether oxygens (including phenoxy) is 1. The first-order valence-electron chi connectivity index (χ1n) is 8.15. The van der Waals surface area contributed by atoms with Crippen molar-refractivity contribution in [3.63, 3.8) is 0 Å².